The van der Waals surface area contributed by atoms with Crippen molar-refractivity contribution in [3.63, 3.8) is 0 Å². The summed E-state index contributed by atoms with van der Waals surface area (Å²) in [7, 11) is 5.81. The molecule has 0 unspecified atom stereocenters. The second-order valence-electron chi connectivity index (χ2n) is 9.19. The summed E-state index contributed by atoms with van der Waals surface area (Å²) in [5.74, 6) is 0.962. The summed E-state index contributed by atoms with van der Waals surface area (Å²) < 4.78 is 29.3. The highest BCUT2D eigenvalue weighted by Crippen LogP contribution is 2.43. The third-order valence-electron chi connectivity index (χ3n) is 6.78. The van der Waals surface area contributed by atoms with Crippen molar-refractivity contribution < 1.29 is 28.5 Å². The maximum Gasteiger partial charge on any atom is 0.355 e. The molecule has 0 saturated heterocycles. The lowest BCUT2D eigenvalue weighted by Gasteiger charge is -2.21. The Morgan fingerprint density at radius 3 is 2.19 bits per heavy atom. The quantitative estimate of drug-likeness (QED) is 0.218. The zero-order valence-corrected chi connectivity index (χ0v) is 23.6. The first-order valence-electron chi connectivity index (χ1n) is 13.0. The minimum atomic E-state index is -0.678. The molecular weight excluding hydrogens is 538 g/mol. The predicted octanol–water partition coefficient (Wildman–Crippen LogP) is 4.90. The number of carbonyl (C=O) groups is 1. The lowest BCUT2D eigenvalue weighted by Crippen LogP contribution is -2.28. The van der Waals surface area contributed by atoms with Crippen molar-refractivity contribution in [2.24, 2.45) is 0 Å². The van der Waals surface area contributed by atoms with Crippen molar-refractivity contribution in [2.75, 3.05) is 28.4 Å². The summed E-state index contributed by atoms with van der Waals surface area (Å²) in [5, 5.41) is 0.866. The van der Waals surface area contributed by atoms with E-state index in [9.17, 15) is 9.59 Å². The third kappa shape index (κ3) is 5.46. The molecule has 2 aromatic carbocycles. The van der Waals surface area contributed by atoms with Crippen LogP contribution in [0.4, 0.5) is 0 Å². The fraction of sp³-hybridized carbons (Fsp3) is 0.188. The molecule has 0 N–H and O–H groups in total. The van der Waals surface area contributed by atoms with Crippen LogP contribution in [0.3, 0.4) is 0 Å². The molecule has 10 heteroatoms. The van der Waals surface area contributed by atoms with Gasteiger partial charge in [-0.05, 0) is 71.1 Å². The van der Waals surface area contributed by atoms with Gasteiger partial charge in [0.15, 0.2) is 11.5 Å². The first-order chi connectivity index (χ1) is 20.5. The van der Waals surface area contributed by atoms with Crippen LogP contribution in [0, 0.1) is 0 Å². The molecule has 0 saturated carbocycles. The Morgan fingerprint density at radius 2 is 1.57 bits per heavy atom. The van der Waals surface area contributed by atoms with E-state index in [1.165, 1.54) is 33.0 Å². The molecule has 0 fully saturated rings. The average molecular weight is 568 g/mol. The molecule has 0 radical (unpaired) electrons. The molecule has 0 aliphatic heterocycles. The van der Waals surface area contributed by atoms with Gasteiger partial charge in [-0.2, -0.15) is 0 Å². The largest absolute Gasteiger partial charge is 0.493 e. The number of ether oxygens (including phenoxy) is 5. The van der Waals surface area contributed by atoms with Gasteiger partial charge in [-0.1, -0.05) is 6.07 Å². The summed E-state index contributed by atoms with van der Waals surface area (Å²) in [6, 6.07) is 17.8. The van der Waals surface area contributed by atoms with Crippen LogP contribution >= 0.6 is 0 Å². The Kier molecular flexibility index (Phi) is 8.33. The van der Waals surface area contributed by atoms with Crippen molar-refractivity contribution in [1.29, 1.82) is 0 Å². The minimum Gasteiger partial charge on any atom is -0.493 e. The normalized spacial score (nSPS) is 10.8. The number of nitrogens with zero attached hydrogens (tertiary/aromatic N) is 3. The number of methoxy groups -OCH3 is 4. The Balaban J connectivity index is 1.80. The molecule has 0 atom stereocenters. The van der Waals surface area contributed by atoms with Crippen molar-refractivity contribution in [3.8, 4) is 34.1 Å². The van der Waals surface area contributed by atoms with Crippen LogP contribution < -0.4 is 24.5 Å². The van der Waals surface area contributed by atoms with Crippen LogP contribution in [0.2, 0.25) is 0 Å². The van der Waals surface area contributed by atoms with Gasteiger partial charge >= 0.3 is 5.97 Å². The predicted molar refractivity (Wildman–Crippen MR) is 157 cm³/mol. The molecule has 0 amide bonds. The highest BCUT2D eigenvalue weighted by Gasteiger charge is 2.26. The van der Waals surface area contributed by atoms with Gasteiger partial charge in [-0.25, -0.2) is 4.79 Å². The van der Waals surface area contributed by atoms with Crippen LogP contribution in [-0.4, -0.2) is 48.9 Å². The topological polar surface area (TPSA) is 111 Å². The number of benzene rings is 2. The molecule has 0 bridgehead atoms. The smallest absolute Gasteiger partial charge is 0.355 e. The summed E-state index contributed by atoms with van der Waals surface area (Å²) in [4.78, 5) is 36.0. The number of hydrogen-bond acceptors (Lipinski definition) is 9. The lowest BCUT2D eigenvalue weighted by atomic mass is 9.95. The summed E-state index contributed by atoms with van der Waals surface area (Å²) >= 11 is 0. The number of carbonyl (C=O) groups excluding carboxylic acids is 1. The van der Waals surface area contributed by atoms with Gasteiger partial charge in [0.1, 0.15) is 18.1 Å². The average Bonchev–Trinajstić information content (AvgIpc) is 3.04. The number of rotatable bonds is 10. The van der Waals surface area contributed by atoms with E-state index in [4.69, 9.17) is 23.7 Å². The van der Waals surface area contributed by atoms with E-state index >= 15 is 0 Å². The summed E-state index contributed by atoms with van der Waals surface area (Å²) in [6.45, 7) is 0.315. The van der Waals surface area contributed by atoms with Gasteiger partial charge in [0, 0.05) is 24.2 Å². The van der Waals surface area contributed by atoms with Crippen molar-refractivity contribution in [3.05, 3.63) is 107 Å². The maximum atomic E-state index is 14.1. The van der Waals surface area contributed by atoms with E-state index in [0.29, 0.717) is 44.9 Å². The van der Waals surface area contributed by atoms with Crippen LogP contribution in [-0.2, 0) is 17.9 Å². The van der Waals surface area contributed by atoms with Gasteiger partial charge in [0.2, 0.25) is 5.75 Å². The van der Waals surface area contributed by atoms with Crippen molar-refractivity contribution in [1.82, 2.24) is 14.5 Å². The molecule has 3 aromatic heterocycles. The minimum absolute atomic E-state index is 0.0724. The second kappa shape index (κ2) is 12.4. The van der Waals surface area contributed by atoms with E-state index in [0.717, 1.165) is 11.3 Å². The Bertz CT molecular complexity index is 1760. The number of pyridine rings is 3. The van der Waals surface area contributed by atoms with E-state index in [1.54, 1.807) is 61.1 Å². The van der Waals surface area contributed by atoms with Crippen LogP contribution in [0.1, 0.15) is 21.7 Å². The van der Waals surface area contributed by atoms with Crippen molar-refractivity contribution in [2.45, 2.75) is 13.2 Å². The Labute approximate surface area is 242 Å². The van der Waals surface area contributed by atoms with Crippen LogP contribution in [0.5, 0.6) is 23.0 Å². The third-order valence-corrected chi connectivity index (χ3v) is 6.78. The molecule has 0 spiro atoms. The van der Waals surface area contributed by atoms with Gasteiger partial charge in [-0.3, -0.25) is 19.3 Å². The van der Waals surface area contributed by atoms with Gasteiger partial charge < -0.3 is 23.7 Å². The van der Waals surface area contributed by atoms with E-state index < -0.39 is 5.97 Å². The van der Waals surface area contributed by atoms with Gasteiger partial charge in [0.25, 0.3) is 5.56 Å². The SMILES string of the molecule is COC(=O)c1c(-c2cc(OC)c(OC)c(OC)c2)c2ccc(OCc3ccccn3)cc2c(=O)n1Cc1ccncc1. The fourth-order valence-corrected chi connectivity index (χ4v) is 4.81. The monoisotopic (exact) mass is 567 g/mol. The van der Waals surface area contributed by atoms with Crippen LogP contribution in [0.25, 0.3) is 21.9 Å². The van der Waals surface area contributed by atoms with Gasteiger partial charge in [0.05, 0.1) is 46.1 Å². The number of aromatic nitrogens is 3. The van der Waals surface area contributed by atoms with Gasteiger partial charge in [-0.15, -0.1) is 0 Å². The highest BCUT2D eigenvalue weighted by molar-refractivity contribution is 6.07. The standard InChI is InChI=1S/C32H29N3O7/c1-38-26-15-21(16-27(39-2)30(26)40-3)28-24-9-8-23(42-19-22-7-5-6-12-34-22)17-25(24)31(36)35(29(28)32(37)41-4)18-20-10-13-33-14-11-20/h5-17H,18-19H2,1-4H3. The first-order valence-corrected chi connectivity index (χ1v) is 13.0. The molecule has 5 rings (SSSR count). The molecule has 0 aliphatic carbocycles. The molecule has 0 aliphatic rings. The van der Waals surface area contributed by atoms with E-state index in [1.807, 2.05) is 18.2 Å². The second-order valence-corrected chi connectivity index (χ2v) is 9.19. The van der Waals surface area contributed by atoms with Crippen LogP contribution in [0.15, 0.2) is 84.0 Å². The molecule has 3 heterocycles. The lowest BCUT2D eigenvalue weighted by molar-refractivity contribution is 0.0588. The summed E-state index contributed by atoms with van der Waals surface area (Å²) in [6.07, 6.45) is 4.95. The zero-order chi connectivity index (χ0) is 29.6. The molecule has 214 valence electrons. The number of esters is 1. The molecular formula is C32H29N3O7. The summed E-state index contributed by atoms with van der Waals surface area (Å²) in [5.41, 5.74) is 2.22. The van der Waals surface area contributed by atoms with Crippen molar-refractivity contribution >= 4 is 16.7 Å². The Morgan fingerprint density at radius 1 is 0.833 bits per heavy atom. The fourth-order valence-electron chi connectivity index (χ4n) is 4.81. The van der Waals surface area contributed by atoms with E-state index in [-0.39, 0.29) is 24.4 Å². The first kappa shape index (κ1) is 28.2. The van der Waals surface area contributed by atoms with E-state index in [2.05, 4.69) is 9.97 Å². The molecule has 42 heavy (non-hydrogen) atoms. The zero-order valence-electron chi connectivity index (χ0n) is 23.6. The Hall–Kier alpha value is -5.38. The highest BCUT2D eigenvalue weighted by atomic mass is 16.5. The maximum absolute atomic E-state index is 14.1. The number of hydrogen-bond donors (Lipinski definition) is 0. The number of fused-ring (bicyclic) bond motifs is 1. The molecule has 10 nitrogen and oxygen atoms in total. The molecule has 5 aromatic rings.